The number of pyridine rings is 1. The Morgan fingerprint density at radius 3 is 2.83 bits per heavy atom. The van der Waals surface area contributed by atoms with Crippen LogP contribution in [0.2, 0.25) is 0 Å². The van der Waals surface area contributed by atoms with E-state index >= 15 is 0 Å². The first-order valence-corrected chi connectivity index (χ1v) is 9.60. The fourth-order valence-electron chi connectivity index (χ4n) is 3.01. The average molecular weight is 409 g/mol. The molecule has 1 unspecified atom stereocenters. The fourth-order valence-corrected chi connectivity index (χ4v) is 3.01. The van der Waals surface area contributed by atoms with Crippen molar-refractivity contribution in [3.63, 3.8) is 0 Å². The van der Waals surface area contributed by atoms with Gasteiger partial charge in [-0.25, -0.2) is 0 Å². The van der Waals surface area contributed by atoms with Crippen molar-refractivity contribution in [2.45, 2.75) is 32.9 Å². The highest BCUT2D eigenvalue weighted by Gasteiger charge is 2.19. The molecule has 0 saturated heterocycles. The van der Waals surface area contributed by atoms with Crippen LogP contribution in [0.4, 0.5) is 11.4 Å². The number of hydrogen-bond donors (Lipinski definition) is 2. The van der Waals surface area contributed by atoms with Crippen molar-refractivity contribution in [1.29, 1.82) is 0 Å². The second kappa shape index (κ2) is 9.59. The van der Waals surface area contributed by atoms with E-state index in [0.29, 0.717) is 18.7 Å². The third-order valence-corrected chi connectivity index (χ3v) is 4.63. The molecule has 3 rings (SSSR count). The van der Waals surface area contributed by atoms with E-state index < -0.39 is 4.92 Å². The zero-order valence-electron chi connectivity index (χ0n) is 16.8. The van der Waals surface area contributed by atoms with E-state index in [1.54, 1.807) is 30.7 Å². The van der Waals surface area contributed by atoms with Gasteiger partial charge in [0.05, 0.1) is 16.7 Å². The maximum Gasteiger partial charge on any atom is 0.293 e. The Labute approximate surface area is 173 Å². The zero-order valence-corrected chi connectivity index (χ0v) is 16.8. The number of nitrogens with zero attached hydrogens (tertiary/aromatic N) is 5. The first-order chi connectivity index (χ1) is 14.5. The van der Waals surface area contributed by atoms with Crippen molar-refractivity contribution in [2.75, 3.05) is 11.9 Å². The molecule has 2 N–H and O–H groups in total. The van der Waals surface area contributed by atoms with Crippen LogP contribution in [0.25, 0.3) is 0 Å². The van der Waals surface area contributed by atoms with Gasteiger partial charge < -0.3 is 15.2 Å². The number of carbonyl (C=O) groups is 1. The van der Waals surface area contributed by atoms with Crippen LogP contribution in [0.3, 0.4) is 0 Å². The molecule has 0 aliphatic rings. The van der Waals surface area contributed by atoms with Crippen molar-refractivity contribution in [3.8, 4) is 0 Å². The summed E-state index contributed by atoms with van der Waals surface area (Å²) in [6.45, 7) is 4.94. The number of rotatable bonds is 9. The van der Waals surface area contributed by atoms with E-state index in [9.17, 15) is 14.9 Å². The van der Waals surface area contributed by atoms with Gasteiger partial charge in [0.15, 0.2) is 0 Å². The van der Waals surface area contributed by atoms with Gasteiger partial charge >= 0.3 is 0 Å². The van der Waals surface area contributed by atoms with Crippen LogP contribution >= 0.6 is 0 Å². The minimum absolute atomic E-state index is 0.170. The first-order valence-electron chi connectivity index (χ1n) is 9.60. The molecule has 0 spiro atoms. The highest BCUT2D eigenvalue weighted by Crippen LogP contribution is 2.28. The standard InChI is InChI=1S/C20H23N7O3/c1-3-26-13-23-25-19(26)9-11-22-20(28)15-7-8-17(18(12-15)27(29)30)24-14(2)16-6-4-5-10-21-16/h4-8,10,12-14,24H,3,9,11H2,1-2H3,(H,22,28). The molecule has 1 atom stereocenters. The number of nitro benzene ring substituents is 1. The minimum Gasteiger partial charge on any atom is -0.371 e. The first kappa shape index (κ1) is 20.9. The second-order valence-electron chi connectivity index (χ2n) is 6.65. The molecule has 1 amide bonds. The lowest BCUT2D eigenvalue weighted by Gasteiger charge is -2.15. The number of nitro groups is 1. The van der Waals surface area contributed by atoms with Gasteiger partial charge in [-0.3, -0.25) is 19.9 Å². The summed E-state index contributed by atoms with van der Waals surface area (Å²) in [6, 6.07) is 9.64. The molecule has 156 valence electrons. The Morgan fingerprint density at radius 1 is 1.30 bits per heavy atom. The number of aromatic nitrogens is 4. The smallest absolute Gasteiger partial charge is 0.293 e. The lowest BCUT2D eigenvalue weighted by molar-refractivity contribution is -0.384. The van der Waals surface area contributed by atoms with Crippen LogP contribution in [-0.4, -0.2) is 37.1 Å². The Kier molecular flexibility index (Phi) is 6.68. The summed E-state index contributed by atoms with van der Waals surface area (Å²) < 4.78 is 1.89. The quantitative estimate of drug-likeness (QED) is 0.411. The minimum atomic E-state index is -0.506. The molecule has 0 aliphatic carbocycles. The molecule has 2 aromatic heterocycles. The lowest BCUT2D eigenvalue weighted by atomic mass is 10.1. The summed E-state index contributed by atoms with van der Waals surface area (Å²) in [6.07, 6.45) is 3.82. The van der Waals surface area contributed by atoms with Crippen molar-refractivity contribution in [1.82, 2.24) is 25.1 Å². The number of aryl methyl sites for hydroxylation is 1. The summed E-state index contributed by atoms with van der Waals surface area (Å²) in [5.74, 6) is 0.386. The maximum atomic E-state index is 12.5. The molecule has 0 radical (unpaired) electrons. The Morgan fingerprint density at radius 2 is 2.13 bits per heavy atom. The third kappa shape index (κ3) is 4.96. The van der Waals surface area contributed by atoms with Crippen LogP contribution in [0.5, 0.6) is 0 Å². The lowest BCUT2D eigenvalue weighted by Crippen LogP contribution is -2.26. The van der Waals surface area contributed by atoms with Gasteiger partial charge in [-0.1, -0.05) is 6.07 Å². The van der Waals surface area contributed by atoms with Gasteiger partial charge in [0.2, 0.25) is 0 Å². The van der Waals surface area contributed by atoms with Crippen molar-refractivity contribution >= 4 is 17.3 Å². The van der Waals surface area contributed by atoms with Crippen LogP contribution in [0.15, 0.2) is 48.9 Å². The molecule has 10 heteroatoms. The van der Waals surface area contributed by atoms with Gasteiger partial charge in [0.25, 0.3) is 11.6 Å². The third-order valence-electron chi connectivity index (χ3n) is 4.63. The van der Waals surface area contributed by atoms with E-state index in [1.807, 2.05) is 30.5 Å². The molecule has 0 bridgehead atoms. The van der Waals surface area contributed by atoms with Crippen LogP contribution in [0, 0.1) is 10.1 Å². The molecule has 0 aliphatic heterocycles. The molecule has 1 aromatic carbocycles. The summed E-state index contributed by atoms with van der Waals surface area (Å²) in [5, 5.41) is 25.3. The molecule has 10 nitrogen and oxygen atoms in total. The van der Waals surface area contributed by atoms with Crippen LogP contribution in [0.1, 0.15) is 41.8 Å². The normalized spacial score (nSPS) is 11.7. The Hall–Kier alpha value is -3.82. The van der Waals surface area contributed by atoms with Crippen molar-refractivity contribution in [2.24, 2.45) is 0 Å². The molecule has 2 heterocycles. The van der Waals surface area contributed by atoms with E-state index in [4.69, 9.17) is 0 Å². The zero-order chi connectivity index (χ0) is 21.5. The average Bonchev–Trinajstić information content (AvgIpc) is 3.21. The van der Waals surface area contributed by atoms with E-state index in [2.05, 4.69) is 25.8 Å². The summed E-state index contributed by atoms with van der Waals surface area (Å²) in [5.41, 5.74) is 1.13. The second-order valence-corrected chi connectivity index (χ2v) is 6.65. The maximum absolute atomic E-state index is 12.5. The van der Waals surface area contributed by atoms with Crippen LogP contribution in [-0.2, 0) is 13.0 Å². The van der Waals surface area contributed by atoms with Crippen LogP contribution < -0.4 is 10.6 Å². The molecule has 30 heavy (non-hydrogen) atoms. The number of anilines is 1. The molecule has 0 saturated carbocycles. The molecular weight excluding hydrogens is 386 g/mol. The largest absolute Gasteiger partial charge is 0.371 e. The highest BCUT2D eigenvalue weighted by atomic mass is 16.6. The Balaban J connectivity index is 1.68. The highest BCUT2D eigenvalue weighted by molar-refractivity contribution is 5.95. The number of benzene rings is 1. The summed E-state index contributed by atoms with van der Waals surface area (Å²) in [4.78, 5) is 27.8. The summed E-state index contributed by atoms with van der Waals surface area (Å²) in [7, 11) is 0. The predicted octanol–water partition coefficient (Wildman–Crippen LogP) is 2.75. The van der Waals surface area contributed by atoms with Gasteiger partial charge in [0.1, 0.15) is 17.8 Å². The number of hydrogen-bond acceptors (Lipinski definition) is 7. The topological polar surface area (TPSA) is 128 Å². The fraction of sp³-hybridized carbons (Fsp3) is 0.300. The Bertz CT molecular complexity index is 1020. The van der Waals surface area contributed by atoms with E-state index in [1.165, 1.54) is 6.07 Å². The van der Waals surface area contributed by atoms with Crippen molar-refractivity contribution in [3.05, 3.63) is 76.1 Å². The monoisotopic (exact) mass is 409 g/mol. The molecule has 3 aromatic rings. The number of nitrogens with one attached hydrogen (secondary N) is 2. The SMILES string of the molecule is CCn1cnnc1CCNC(=O)c1ccc(NC(C)c2ccccn2)c([N+](=O)[O-])c1. The number of carbonyl (C=O) groups excluding carboxylic acids is 1. The predicted molar refractivity (Wildman–Crippen MR) is 111 cm³/mol. The number of amides is 1. The van der Waals surface area contributed by atoms with Gasteiger partial charge in [-0.2, -0.15) is 0 Å². The van der Waals surface area contributed by atoms with Gasteiger partial charge in [-0.05, 0) is 38.1 Å². The van der Waals surface area contributed by atoms with Gasteiger partial charge in [0, 0.05) is 37.3 Å². The molecular formula is C20H23N7O3. The van der Waals surface area contributed by atoms with Crippen molar-refractivity contribution < 1.29 is 9.72 Å². The molecule has 0 fully saturated rings. The van der Waals surface area contributed by atoms with Gasteiger partial charge in [-0.15, -0.1) is 10.2 Å². The van der Waals surface area contributed by atoms with E-state index in [0.717, 1.165) is 18.1 Å². The van der Waals surface area contributed by atoms with E-state index in [-0.39, 0.29) is 23.2 Å². The summed E-state index contributed by atoms with van der Waals surface area (Å²) >= 11 is 0.